The van der Waals surface area contributed by atoms with E-state index in [1.807, 2.05) is 31.3 Å². The largest absolute Gasteiger partial charge is 0.494 e. The normalized spacial score (nSPS) is 10.4. The Hall–Kier alpha value is -2.14. The number of nitrogens with one attached hydrogen (secondary N) is 2. The van der Waals surface area contributed by atoms with Gasteiger partial charge in [0.1, 0.15) is 5.75 Å². The Kier molecular flexibility index (Phi) is 4.69. The van der Waals surface area contributed by atoms with Gasteiger partial charge in [0.05, 0.1) is 12.3 Å². The van der Waals surface area contributed by atoms with E-state index in [0.717, 1.165) is 30.0 Å². The molecule has 0 aliphatic rings. The Morgan fingerprint density at radius 2 is 2.00 bits per heavy atom. The molecule has 1 heterocycles. The molecule has 0 fully saturated rings. The average Bonchev–Trinajstić information content (AvgIpc) is 2.45. The van der Waals surface area contributed by atoms with E-state index in [2.05, 4.69) is 15.5 Å². The molecule has 0 radical (unpaired) electrons. The van der Waals surface area contributed by atoms with Gasteiger partial charge in [-0.1, -0.05) is 0 Å². The van der Waals surface area contributed by atoms with Crippen LogP contribution in [0.25, 0.3) is 11.3 Å². The lowest BCUT2D eigenvalue weighted by Crippen LogP contribution is -2.11. The molecule has 100 valence electrons. The highest BCUT2D eigenvalue weighted by Gasteiger charge is 2.00. The van der Waals surface area contributed by atoms with Gasteiger partial charge >= 0.3 is 0 Å². The van der Waals surface area contributed by atoms with E-state index in [1.54, 1.807) is 6.07 Å². The summed E-state index contributed by atoms with van der Waals surface area (Å²) in [5, 5.41) is 9.47. The summed E-state index contributed by atoms with van der Waals surface area (Å²) in [5.41, 5.74) is 1.48. The molecule has 0 aliphatic carbocycles. The predicted octanol–water partition coefficient (Wildman–Crippen LogP) is 1.43. The second kappa shape index (κ2) is 6.70. The number of hydrogen-bond acceptors (Lipinski definition) is 4. The second-order valence-corrected chi connectivity index (χ2v) is 4.14. The van der Waals surface area contributed by atoms with Gasteiger partial charge in [-0.15, -0.1) is 0 Å². The minimum Gasteiger partial charge on any atom is -0.494 e. The maximum absolute atomic E-state index is 10.9. The molecule has 0 saturated carbocycles. The quantitative estimate of drug-likeness (QED) is 0.770. The van der Waals surface area contributed by atoms with E-state index in [1.165, 1.54) is 6.07 Å². The van der Waals surface area contributed by atoms with Crippen LogP contribution < -0.4 is 15.6 Å². The van der Waals surface area contributed by atoms with Gasteiger partial charge in [-0.05, 0) is 50.3 Å². The van der Waals surface area contributed by atoms with Crippen molar-refractivity contribution in [3.63, 3.8) is 0 Å². The van der Waals surface area contributed by atoms with Gasteiger partial charge in [0.2, 0.25) is 0 Å². The summed E-state index contributed by atoms with van der Waals surface area (Å²) >= 11 is 0. The van der Waals surface area contributed by atoms with Crippen molar-refractivity contribution >= 4 is 0 Å². The number of ether oxygens (including phenoxy) is 1. The number of hydrogen-bond donors (Lipinski definition) is 2. The molecule has 5 heteroatoms. The molecular weight excluding hydrogens is 242 g/mol. The van der Waals surface area contributed by atoms with Crippen LogP contribution in [0.5, 0.6) is 5.75 Å². The van der Waals surface area contributed by atoms with E-state index in [0.29, 0.717) is 6.61 Å². The molecule has 0 aliphatic heterocycles. The first kappa shape index (κ1) is 13.3. The molecule has 2 rings (SSSR count). The summed E-state index contributed by atoms with van der Waals surface area (Å²) in [6, 6.07) is 10.8. The summed E-state index contributed by atoms with van der Waals surface area (Å²) in [7, 11) is 1.92. The van der Waals surface area contributed by atoms with Crippen LogP contribution in [0.15, 0.2) is 41.2 Å². The lowest BCUT2D eigenvalue weighted by Gasteiger charge is -2.06. The molecule has 1 aromatic heterocycles. The second-order valence-electron chi connectivity index (χ2n) is 4.14. The zero-order valence-electron chi connectivity index (χ0n) is 10.8. The maximum atomic E-state index is 10.9. The van der Waals surface area contributed by atoms with Crippen molar-refractivity contribution in [2.45, 2.75) is 6.42 Å². The lowest BCUT2D eigenvalue weighted by molar-refractivity contribution is 0.310. The zero-order chi connectivity index (χ0) is 13.5. The summed E-state index contributed by atoms with van der Waals surface area (Å²) in [6.45, 7) is 1.64. The molecule has 0 bridgehead atoms. The van der Waals surface area contributed by atoms with Gasteiger partial charge in [0, 0.05) is 11.6 Å². The van der Waals surface area contributed by atoms with Crippen LogP contribution in [0.4, 0.5) is 0 Å². The van der Waals surface area contributed by atoms with Crippen LogP contribution in [-0.2, 0) is 0 Å². The lowest BCUT2D eigenvalue weighted by atomic mass is 10.1. The van der Waals surface area contributed by atoms with Crippen molar-refractivity contribution in [1.82, 2.24) is 15.5 Å². The van der Waals surface area contributed by atoms with Crippen molar-refractivity contribution in [2.24, 2.45) is 0 Å². The molecule has 2 N–H and O–H groups in total. The van der Waals surface area contributed by atoms with E-state index in [4.69, 9.17) is 4.74 Å². The molecule has 5 nitrogen and oxygen atoms in total. The molecule has 0 spiro atoms. The zero-order valence-corrected chi connectivity index (χ0v) is 10.8. The van der Waals surface area contributed by atoms with E-state index in [9.17, 15) is 4.79 Å². The van der Waals surface area contributed by atoms with Gasteiger partial charge in [0.25, 0.3) is 5.56 Å². The Bertz CT molecular complexity index is 543. The minimum atomic E-state index is -0.201. The molecule has 0 saturated heterocycles. The molecular formula is C14H17N3O2. The number of aromatic amines is 1. The summed E-state index contributed by atoms with van der Waals surface area (Å²) in [5.74, 6) is 0.837. The summed E-state index contributed by atoms with van der Waals surface area (Å²) in [6.07, 6.45) is 0.972. The van der Waals surface area contributed by atoms with Gasteiger partial charge < -0.3 is 10.1 Å². The third-order valence-corrected chi connectivity index (χ3v) is 2.67. The van der Waals surface area contributed by atoms with Crippen molar-refractivity contribution in [3.8, 4) is 17.0 Å². The number of nitrogens with zero attached hydrogens (tertiary/aromatic N) is 1. The fraction of sp³-hybridized carbons (Fsp3) is 0.286. The van der Waals surface area contributed by atoms with E-state index in [-0.39, 0.29) is 5.56 Å². The summed E-state index contributed by atoms with van der Waals surface area (Å²) in [4.78, 5) is 10.9. The van der Waals surface area contributed by atoms with Crippen LogP contribution in [-0.4, -0.2) is 30.4 Å². The Balaban J connectivity index is 1.98. The first-order valence-electron chi connectivity index (χ1n) is 6.23. The first-order chi connectivity index (χ1) is 9.29. The predicted molar refractivity (Wildman–Crippen MR) is 74.3 cm³/mol. The molecule has 19 heavy (non-hydrogen) atoms. The van der Waals surface area contributed by atoms with Gasteiger partial charge in [-0.2, -0.15) is 5.10 Å². The highest BCUT2D eigenvalue weighted by atomic mass is 16.5. The number of benzene rings is 1. The van der Waals surface area contributed by atoms with Crippen LogP contribution in [0.2, 0.25) is 0 Å². The van der Waals surface area contributed by atoms with Crippen molar-refractivity contribution in [3.05, 3.63) is 46.8 Å². The summed E-state index contributed by atoms with van der Waals surface area (Å²) < 4.78 is 5.60. The van der Waals surface area contributed by atoms with Crippen molar-refractivity contribution in [2.75, 3.05) is 20.2 Å². The number of H-pyrrole nitrogens is 1. The number of aromatic nitrogens is 2. The molecule has 0 amide bonds. The van der Waals surface area contributed by atoms with Crippen LogP contribution in [0.3, 0.4) is 0 Å². The van der Waals surface area contributed by atoms with Crippen molar-refractivity contribution < 1.29 is 4.74 Å². The van der Waals surface area contributed by atoms with E-state index >= 15 is 0 Å². The van der Waals surface area contributed by atoms with E-state index < -0.39 is 0 Å². The average molecular weight is 259 g/mol. The Morgan fingerprint density at radius 1 is 1.21 bits per heavy atom. The highest BCUT2D eigenvalue weighted by molar-refractivity contribution is 5.59. The van der Waals surface area contributed by atoms with Crippen LogP contribution >= 0.6 is 0 Å². The number of rotatable bonds is 6. The third-order valence-electron chi connectivity index (χ3n) is 2.67. The van der Waals surface area contributed by atoms with Crippen molar-refractivity contribution in [1.29, 1.82) is 0 Å². The molecule has 0 atom stereocenters. The van der Waals surface area contributed by atoms with Gasteiger partial charge in [-0.25, -0.2) is 5.10 Å². The fourth-order valence-electron chi connectivity index (χ4n) is 1.67. The Morgan fingerprint density at radius 3 is 2.63 bits per heavy atom. The SMILES string of the molecule is CNCCCOc1ccc(-c2ccc(=O)[nH]n2)cc1. The van der Waals surface area contributed by atoms with Gasteiger partial charge in [0.15, 0.2) is 0 Å². The highest BCUT2D eigenvalue weighted by Crippen LogP contribution is 2.19. The molecule has 1 aromatic carbocycles. The standard InChI is InChI=1S/C14H17N3O2/c1-15-9-2-10-19-12-5-3-11(4-6-12)13-7-8-14(18)17-16-13/h3-8,15H,2,9-10H2,1H3,(H,17,18). The topological polar surface area (TPSA) is 67.0 Å². The monoisotopic (exact) mass is 259 g/mol. The molecule has 0 unspecified atom stereocenters. The first-order valence-corrected chi connectivity index (χ1v) is 6.23. The maximum Gasteiger partial charge on any atom is 0.264 e. The smallest absolute Gasteiger partial charge is 0.264 e. The third kappa shape index (κ3) is 3.93. The fourth-order valence-corrected chi connectivity index (χ4v) is 1.67. The van der Waals surface area contributed by atoms with Crippen LogP contribution in [0.1, 0.15) is 6.42 Å². The molecule has 2 aromatic rings. The van der Waals surface area contributed by atoms with Gasteiger partial charge in [-0.3, -0.25) is 4.79 Å². The van der Waals surface area contributed by atoms with Crippen LogP contribution in [0, 0.1) is 0 Å². The Labute approximate surface area is 111 Å². The minimum absolute atomic E-state index is 0.201.